The molecule has 0 spiro atoms. The number of terminal acetylenes is 1. The molecule has 0 aliphatic carbocycles. The van der Waals surface area contributed by atoms with E-state index in [1.54, 1.807) is 0 Å². The van der Waals surface area contributed by atoms with E-state index in [4.69, 9.17) is 11.2 Å². The average molecular weight is 233 g/mol. The summed E-state index contributed by atoms with van der Waals surface area (Å²) in [5, 5.41) is 10.7. The van der Waals surface area contributed by atoms with Crippen molar-refractivity contribution in [3.05, 3.63) is 33.9 Å². The molecule has 0 bridgehead atoms. The van der Waals surface area contributed by atoms with Crippen LogP contribution < -0.4 is 4.74 Å². The van der Waals surface area contributed by atoms with Crippen LogP contribution in [0.15, 0.2) is 18.2 Å². The number of hydrogen-bond acceptors (Lipinski definition) is 4. The van der Waals surface area contributed by atoms with E-state index in [0.717, 1.165) is 0 Å². The summed E-state index contributed by atoms with van der Waals surface area (Å²) in [4.78, 5) is 21.3. The van der Waals surface area contributed by atoms with Crippen LogP contribution in [0.25, 0.3) is 0 Å². The van der Waals surface area contributed by atoms with E-state index in [1.165, 1.54) is 25.1 Å². The number of nitro groups is 1. The zero-order valence-corrected chi connectivity index (χ0v) is 9.30. The van der Waals surface area contributed by atoms with Gasteiger partial charge in [-0.3, -0.25) is 14.9 Å². The van der Waals surface area contributed by atoms with Gasteiger partial charge in [-0.05, 0) is 19.1 Å². The van der Waals surface area contributed by atoms with Gasteiger partial charge in [0.05, 0.1) is 17.1 Å². The fourth-order valence-corrected chi connectivity index (χ4v) is 1.27. The van der Waals surface area contributed by atoms with Crippen molar-refractivity contribution >= 4 is 11.5 Å². The normalized spacial score (nSPS) is 9.41. The number of Topliss-reactive ketones (excluding diaryl/α,β-unsaturated/α-hetero) is 1. The first-order chi connectivity index (χ1) is 8.06. The molecule has 0 N–H and O–H groups in total. The third-order valence-corrected chi connectivity index (χ3v) is 2.06. The lowest BCUT2D eigenvalue weighted by atomic mass is 10.1. The molecule has 0 radical (unpaired) electrons. The lowest BCUT2D eigenvalue weighted by Gasteiger charge is -2.05. The molecule has 0 saturated heterocycles. The Morgan fingerprint density at radius 1 is 1.59 bits per heavy atom. The summed E-state index contributed by atoms with van der Waals surface area (Å²) in [6.07, 6.45) is 5.50. The highest BCUT2D eigenvalue weighted by Crippen LogP contribution is 2.24. The van der Waals surface area contributed by atoms with Crippen molar-refractivity contribution in [2.24, 2.45) is 0 Å². The minimum Gasteiger partial charge on any atom is -0.493 e. The second-order valence-corrected chi connectivity index (χ2v) is 3.29. The number of ketones is 1. The fraction of sp³-hybridized carbons (Fsp3) is 0.250. The summed E-state index contributed by atoms with van der Waals surface area (Å²) in [5.41, 5.74) is -0.185. The predicted molar refractivity (Wildman–Crippen MR) is 62.0 cm³/mol. The topological polar surface area (TPSA) is 69.4 Å². The van der Waals surface area contributed by atoms with E-state index in [1.807, 2.05) is 0 Å². The molecule has 17 heavy (non-hydrogen) atoms. The van der Waals surface area contributed by atoms with Gasteiger partial charge in [-0.25, -0.2) is 0 Å². The molecule has 1 aromatic rings. The molecule has 0 atom stereocenters. The van der Waals surface area contributed by atoms with Gasteiger partial charge in [-0.2, -0.15) is 0 Å². The van der Waals surface area contributed by atoms with Crippen LogP contribution in [0.2, 0.25) is 0 Å². The van der Waals surface area contributed by atoms with Crippen molar-refractivity contribution in [2.75, 3.05) is 6.61 Å². The largest absolute Gasteiger partial charge is 0.493 e. The van der Waals surface area contributed by atoms with Crippen molar-refractivity contribution in [3.63, 3.8) is 0 Å². The third-order valence-electron chi connectivity index (χ3n) is 2.06. The van der Waals surface area contributed by atoms with Gasteiger partial charge in [-0.15, -0.1) is 12.3 Å². The monoisotopic (exact) mass is 233 g/mol. The Balaban J connectivity index is 2.98. The molecule has 0 aromatic heterocycles. The van der Waals surface area contributed by atoms with Crippen molar-refractivity contribution in [3.8, 4) is 18.1 Å². The van der Waals surface area contributed by atoms with Crippen LogP contribution in [0.5, 0.6) is 5.75 Å². The quantitative estimate of drug-likeness (QED) is 0.257. The number of ether oxygens (including phenoxy) is 1. The summed E-state index contributed by atoms with van der Waals surface area (Å²) < 4.78 is 5.25. The molecule has 0 fully saturated rings. The van der Waals surface area contributed by atoms with Gasteiger partial charge in [0.15, 0.2) is 5.78 Å². The smallest absolute Gasteiger partial charge is 0.280 e. The van der Waals surface area contributed by atoms with Crippen LogP contribution in [0, 0.1) is 22.5 Å². The van der Waals surface area contributed by atoms with Crippen LogP contribution in [0.1, 0.15) is 23.7 Å². The number of nitro benzene ring substituents is 1. The zero-order chi connectivity index (χ0) is 12.8. The summed E-state index contributed by atoms with van der Waals surface area (Å²) >= 11 is 0. The van der Waals surface area contributed by atoms with E-state index in [-0.39, 0.29) is 17.0 Å². The van der Waals surface area contributed by atoms with Gasteiger partial charge in [0.25, 0.3) is 5.69 Å². The average Bonchev–Trinajstić information content (AvgIpc) is 2.29. The highest BCUT2D eigenvalue weighted by molar-refractivity contribution is 5.98. The Hall–Kier alpha value is -2.35. The predicted octanol–water partition coefficient (Wildman–Crippen LogP) is 2.20. The summed E-state index contributed by atoms with van der Waals surface area (Å²) in [5.74, 6) is 2.43. The summed E-state index contributed by atoms with van der Waals surface area (Å²) in [6, 6.07) is 4.06. The van der Waals surface area contributed by atoms with Gasteiger partial charge in [0.1, 0.15) is 5.75 Å². The lowest BCUT2D eigenvalue weighted by Crippen LogP contribution is -2.02. The highest BCUT2D eigenvalue weighted by atomic mass is 16.6. The summed E-state index contributed by atoms with van der Waals surface area (Å²) in [6.45, 7) is 1.58. The van der Waals surface area contributed by atoms with Crippen LogP contribution in [0.4, 0.5) is 5.69 Å². The molecule has 1 aromatic carbocycles. The first-order valence-corrected chi connectivity index (χ1v) is 4.92. The second kappa shape index (κ2) is 5.66. The Labute approximate surface area is 98.5 Å². The van der Waals surface area contributed by atoms with Crippen molar-refractivity contribution in [1.29, 1.82) is 0 Å². The number of carbonyl (C=O) groups excluding carboxylic acids is 1. The molecule has 0 aliphatic rings. The molecule has 88 valence electrons. The van der Waals surface area contributed by atoms with Gasteiger partial charge in [0, 0.05) is 12.5 Å². The molecule has 0 aliphatic heterocycles. The Morgan fingerprint density at radius 2 is 2.29 bits per heavy atom. The van der Waals surface area contributed by atoms with Crippen LogP contribution >= 0.6 is 0 Å². The second-order valence-electron chi connectivity index (χ2n) is 3.29. The van der Waals surface area contributed by atoms with Crippen LogP contribution in [0.3, 0.4) is 0 Å². The lowest BCUT2D eigenvalue weighted by molar-refractivity contribution is -0.385. The number of rotatable bonds is 5. The van der Waals surface area contributed by atoms with Gasteiger partial charge >= 0.3 is 0 Å². The molecule has 1 rings (SSSR count). The van der Waals surface area contributed by atoms with Crippen LogP contribution in [-0.4, -0.2) is 17.3 Å². The SMILES string of the molecule is C#CCCOc1ccc([N+](=O)[O-])c(C(C)=O)c1. The number of hydrogen-bond donors (Lipinski definition) is 0. The highest BCUT2D eigenvalue weighted by Gasteiger charge is 2.17. The fourth-order valence-electron chi connectivity index (χ4n) is 1.27. The zero-order valence-electron chi connectivity index (χ0n) is 9.30. The van der Waals surface area contributed by atoms with Crippen LogP contribution in [-0.2, 0) is 0 Å². The van der Waals surface area contributed by atoms with E-state index >= 15 is 0 Å². The maximum Gasteiger partial charge on any atom is 0.280 e. The first kappa shape index (κ1) is 12.7. The maximum absolute atomic E-state index is 11.3. The minimum atomic E-state index is -0.595. The van der Waals surface area contributed by atoms with Crippen molar-refractivity contribution in [1.82, 2.24) is 0 Å². The number of nitrogens with zero attached hydrogens (tertiary/aromatic N) is 1. The number of carbonyl (C=O) groups is 1. The molecule has 5 heteroatoms. The standard InChI is InChI=1S/C12H11NO4/c1-3-4-7-17-10-5-6-12(13(15)16)11(8-10)9(2)14/h1,5-6,8H,4,7H2,2H3. The molecule has 0 amide bonds. The molecular weight excluding hydrogens is 222 g/mol. The van der Waals surface area contributed by atoms with Gasteiger partial charge < -0.3 is 4.74 Å². The van der Waals surface area contributed by atoms with Crippen molar-refractivity contribution < 1.29 is 14.5 Å². The molecule has 0 heterocycles. The van der Waals surface area contributed by atoms with E-state index in [9.17, 15) is 14.9 Å². The van der Waals surface area contributed by atoms with Gasteiger partial charge in [-0.1, -0.05) is 0 Å². The molecule has 0 unspecified atom stereocenters. The first-order valence-electron chi connectivity index (χ1n) is 4.92. The molecule has 5 nitrogen and oxygen atoms in total. The van der Waals surface area contributed by atoms with E-state index < -0.39 is 4.92 Å². The Morgan fingerprint density at radius 3 is 2.82 bits per heavy atom. The molecular formula is C12H11NO4. The van der Waals surface area contributed by atoms with Gasteiger partial charge in [0.2, 0.25) is 0 Å². The summed E-state index contributed by atoms with van der Waals surface area (Å²) in [7, 11) is 0. The van der Waals surface area contributed by atoms with E-state index in [0.29, 0.717) is 18.8 Å². The maximum atomic E-state index is 11.3. The van der Waals surface area contributed by atoms with Crippen molar-refractivity contribution in [2.45, 2.75) is 13.3 Å². The molecule has 0 saturated carbocycles. The Bertz CT molecular complexity index is 488. The Kier molecular flexibility index (Phi) is 4.23. The number of benzene rings is 1. The third kappa shape index (κ3) is 3.31. The minimum absolute atomic E-state index is 0.0354. The van der Waals surface area contributed by atoms with E-state index in [2.05, 4.69) is 5.92 Å².